The molecule has 5 aromatic rings. The van der Waals surface area contributed by atoms with Crippen molar-refractivity contribution in [3.63, 3.8) is 0 Å². The van der Waals surface area contributed by atoms with Gasteiger partial charge < -0.3 is 15.5 Å². The van der Waals surface area contributed by atoms with E-state index in [1.165, 1.54) is 24.5 Å². The fourth-order valence-corrected chi connectivity index (χ4v) is 6.69. The Morgan fingerprint density at radius 1 is 0.700 bits per heavy atom. The van der Waals surface area contributed by atoms with Crippen LogP contribution in [0.15, 0.2) is 104 Å². The molecular formula is C39H39FN8O2. The van der Waals surface area contributed by atoms with Gasteiger partial charge in [0.1, 0.15) is 11.6 Å². The van der Waals surface area contributed by atoms with Crippen molar-refractivity contribution in [1.29, 1.82) is 0 Å². The molecule has 0 atom stereocenters. The molecule has 2 aliphatic rings. The van der Waals surface area contributed by atoms with Crippen LogP contribution in [-0.4, -0.2) is 75.1 Å². The van der Waals surface area contributed by atoms with E-state index in [4.69, 9.17) is 4.98 Å². The van der Waals surface area contributed by atoms with Crippen LogP contribution >= 0.6 is 0 Å². The first kappa shape index (κ1) is 33.0. The number of hydrogen-bond acceptors (Lipinski definition) is 8. The van der Waals surface area contributed by atoms with Crippen LogP contribution in [0.5, 0.6) is 0 Å². The van der Waals surface area contributed by atoms with Gasteiger partial charge in [0.05, 0.1) is 12.4 Å². The van der Waals surface area contributed by atoms with Gasteiger partial charge in [-0.15, -0.1) is 0 Å². The van der Waals surface area contributed by atoms with Gasteiger partial charge >= 0.3 is 0 Å². The third-order valence-corrected chi connectivity index (χ3v) is 9.54. The summed E-state index contributed by atoms with van der Waals surface area (Å²) in [7, 11) is 0. The molecule has 2 N–H and O–H groups in total. The van der Waals surface area contributed by atoms with Crippen LogP contribution in [0.2, 0.25) is 0 Å². The van der Waals surface area contributed by atoms with Gasteiger partial charge in [-0.25, -0.2) is 9.37 Å². The quantitative estimate of drug-likeness (QED) is 0.210. The molecule has 2 fully saturated rings. The summed E-state index contributed by atoms with van der Waals surface area (Å²) in [5.41, 5.74) is 5.09. The minimum absolute atomic E-state index is 0.0514. The minimum atomic E-state index is -0.406. The lowest BCUT2D eigenvalue weighted by molar-refractivity contribution is 0.0906. The van der Waals surface area contributed by atoms with Crippen LogP contribution in [0, 0.1) is 5.82 Å². The normalized spacial score (nSPS) is 15.8. The van der Waals surface area contributed by atoms with Gasteiger partial charge in [0.15, 0.2) is 0 Å². The number of aromatic nitrogens is 4. The average Bonchev–Trinajstić information content (AvgIpc) is 3.17. The molecule has 0 spiro atoms. The molecule has 0 saturated carbocycles. The monoisotopic (exact) mass is 670 g/mol. The predicted octanol–water partition coefficient (Wildman–Crippen LogP) is 5.53. The first-order chi connectivity index (χ1) is 24.5. The second-order valence-electron chi connectivity index (χ2n) is 12.9. The zero-order valence-corrected chi connectivity index (χ0v) is 27.7. The zero-order chi connectivity index (χ0) is 34.3. The van der Waals surface area contributed by atoms with E-state index in [-0.39, 0.29) is 23.9 Å². The van der Waals surface area contributed by atoms with E-state index in [2.05, 4.69) is 47.7 Å². The van der Waals surface area contributed by atoms with E-state index in [9.17, 15) is 14.0 Å². The van der Waals surface area contributed by atoms with Crippen molar-refractivity contribution in [1.82, 2.24) is 35.7 Å². The van der Waals surface area contributed by atoms with E-state index >= 15 is 0 Å². The molecule has 7 rings (SSSR count). The van der Waals surface area contributed by atoms with Gasteiger partial charge in [0.25, 0.3) is 11.8 Å². The number of likely N-dealkylation sites (tertiary alicyclic amines) is 1. The Labute approximate surface area is 290 Å². The van der Waals surface area contributed by atoms with E-state index in [0.717, 1.165) is 80.9 Å². The second-order valence-corrected chi connectivity index (χ2v) is 12.9. The Balaban J connectivity index is 0.847. The van der Waals surface area contributed by atoms with Gasteiger partial charge in [-0.05, 0) is 85.3 Å². The van der Waals surface area contributed by atoms with Gasteiger partial charge in [0.2, 0.25) is 0 Å². The summed E-state index contributed by atoms with van der Waals surface area (Å²) in [5.74, 6) is 0.290. The second kappa shape index (κ2) is 15.3. The topological polar surface area (TPSA) is 116 Å². The highest BCUT2D eigenvalue weighted by Crippen LogP contribution is 2.25. The summed E-state index contributed by atoms with van der Waals surface area (Å²) in [6.07, 6.45) is 11.9. The fraction of sp³-hybridized carbons (Fsp3) is 0.282. The molecule has 50 heavy (non-hydrogen) atoms. The fourth-order valence-electron chi connectivity index (χ4n) is 6.69. The van der Waals surface area contributed by atoms with Gasteiger partial charge in [-0.2, -0.15) is 10.2 Å². The summed E-state index contributed by atoms with van der Waals surface area (Å²) >= 11 is 0. The van der Waals surface area contributed by atoms with Crippen LogP contribution in [0.25, 0.3) is 22.3 Å². The molecule has 3 aromatic heterocycles. The smallest absolute Gasteiger partial charge is 0.251 e. The molecule has 2 aromatic carbocycles. The number of piperidine rings is 2. The van der Waals surface area contributed by atoms with Crippen molar-refractivity contribution < 1.29 is 14.0 Å². The number of hydrogen-bond donors (Lipinski definition) is 2. The highest BCUT2D eigenvalue weighted by molar-refractivity contribution is 5.96. The maximum absolute atomic E-state index is 14.5. The number of halogens is 1. The molecule has 2 aliphatic heterocycles. The van der Waals surface area contributed by atoms with Crippen molar-refractivity contribution in [2.24, 2.45) is 0 Å². The van der Waals surface area contributed by atoms with Gasteiger partial charge in [-0.3, -0.25) is 19.5 Å². The average molecular weight is 671 g/mol. The Morgan fingerprint density at radius 3 is 2.12 bits per heavy atom. The maximum atomic E-state index is 14.5. The minimum Gasteiger partial charge on any atom is -0.356 e. The highest BCUT2D eigenvalue weighted by atomic mass is 19.1. The number of rotatable bonds is 9. The summed E-state index contributed by atoms with van der Waals surface area (Å²) < 4.78 is 14.5. The number of nitrogens with one attached hydrogen (secondary N) is 2. The molecule has 0 radical (unpaired) electrons. The lowest BCUT2D eigenvalue weighted by Gasteiger charge is -2.34. The Morgan fingerprint density at radius 2 is 1.44 bits per heavy atom. The van der Waals surface area contributed by atoms with Crippen LogP contribution < -0.4 is 15.5 Å². The van der Waals surface area contributed by atoms with Crippen LogP contribution in [0.4, 0.5) is 10.2 Å². The van der Waals surface area contributed by atoms with Crippen LogP contribution in [0.1, 0.15) is 52.0 Å². The summed E-state index contributed by atoms with van der Waals surface area (Å²) in [6.45, 7) is 4.16. The molecule has 254 valence electrons. The highest BCUT2D eigenvalue weighted by Gasteiger charge is 2.24. The largest absolute Gasteiger partial charge is 0.356 e. The van der Waals surface area contributed by atoms with Crippen molar-refractivity contribution in [2.75, 3.05) is 31.1 Å². The lowest BCUT2D eigenvalue weighted by atomic mass is 10.0. The molecule has 2 amide bonds. The molecule has 2 saturated heterocycles. The SMILES string of the molecule is O=C(NC1CCN(Cc2ccc(N3CCC(NC(=O)c4cccc(-c5cccnc5)c4)CC3)nc2)CC1)c1ccc(F)c(-c2ccnnc2)c1. The first-order valence-corrected chi connectivity index (χ1v) is 17.1. The van der Waals surface area contributed by atoms with Gasteiger partial charge in [0, 0.05) is 91.2 Å². The molecule has 11 heteroatoms. The molecular weight excluding hydrogens is 631 g/mol. The third kappa shape index (κ3) is 8.01. The van der Waals surface area contributed by atoms with E-state index < -0.39 is 5.82 Å². The first-order valence-electron chi connectivity index (χ1n) is 17.1. The third-order valence-electron chi connectivity index (χ3n) is 9.54. The molecule has 0 unspecified atom stereocenters. The zero-order valence-electron chi connectivity index (χ0n) is 27.7. The standard InChI is InChI=1S/C39H39FN8O2/c40-36-8-7-30(22-35(36)32-10-16-43-44-25-32)39(50)45-33-11-17-47(18-12-33)26-27-6-9-37(42-23-27)48-19-13-34(14-20-48)46-38(49)29-4-1-3-28(21-29)31-5-2-15-41-24-31/h1-10,15-16,21-25,33-34H,11-14,17-20,26H2,(H,45,50)(H,46,49). The van der Waals surface area contributed by atoms with Gasteiger partial charge in [-0.1, -0.05) is 24.3 Å². The number of anilines is 1. The van der Waals surface area contributed by atoms with E-state index in [1.807, 2.05) is 42.6 Å². The molecule has 0 aliphatic carbocycles. The van der Waals surface area contributed by atoms with Crippen molar-refractivity contribution in [3.8, 4) is 22.3 Å². The maximum Gasteiger partial charge on any atom is 0.251 e. The van der Waals surface area contributed by atoms with Crippen LogP contribution in [0.3, 0.4) is 0 Å². The van der Waals surface area contributed by atoms with E-state index in [1.54, 1.807) is 24.5 Å². The summed E-state index contributed by atoms with van der Waals surface area (Å²) in [4.78, 5) is 39.7. The summed E-state index contributed by atoms with van der Waals surface area (Å²) in [5, 5.41) is 13.9. The van der Waals surface area contributed by atoms with Crippen molar-refractivity contribution in [3.05, 3.63) is 126 Å². The Hall–Kier alpha value is -5.55. The molecule has 0 bridgehead atoms. The number of amides is 2. The number of carbonyl (C=O) groups is 2. The lowest BCUT2D eigenvalue weighted by Crippen LogP contribution is -2.45. The number of nitrogens with zero attached hydrogens (tertiary/aromatic N) is 6. The van der Waals surface area contributed by atoms with Crippen LogP contribution in [-0.2, 0) is 6.54 Å². The predicted molar refractivity (Wildman–Crippen MR) is 190 cm³/mol. The number of pyridine rings is 2. The Kier molecular flexibility index (Phi) is 10.1. The number of benzene rings is 2. The Bertz CT molecular complexity index is 1910. The molecule has 5 heterocycles. The van der Waals surface area contributed by atoms with Crippen molar-refractivity contribution in [2.45, 2.75) is 44.3 Å². The van der Waals surface area contributed by atoms with Crippen molar-refractivity contribution >= 4 is 17.6 Å². The number of carbonyl (C=O) groups excluding carboxylic acids is 2. The molecule has 10 nitrogen and oxygen atoms in total. The summed E-state index contributed by atoms with van der Waals surface area (Å²) in [6, 6.07) is 22.0. The van der Waals surface area contributed by atoms with E-state index in [0.29, 0.717) is 22.3 Å².